The molecule has 0 aromatic heterocycles. The number of carbonyl (C=O) groups is 1. The third-order valence-electron chi connectivity index (χ3n) is 3.76. The summed E-state index contributed by atoms with van der Waals surface area (Å²) in [5.41, 5.74) is -1.23. The molecule has 15 heavy (non-hydrogen) atoms. The highest BCUT2D eigenvalue weighted by atomic mass is 16.5. The largest absolute Gasteiger partial charge is 0.481 e. The van der Waals surface area contributed by atoms with E-state index < -0.39 is 17.0 Å². The van der Waals surface area contributed by atoms with Crippen molar-refractivity contribution in [1.82, 2.24) is 0 Å². The average molecular weight is 214 g/mol. The Bertz CT molecular complexity index is 246. The van der Waals surface area contributed by atoms with Crippen LogP contribution in [0, 0.1) is 5.41 Å². The molecule has 2 aliphatic rings. The Morgan fingerprint density at radius 3 is 2.53 bits per heavy atom. The first-order valence-corrected chi connectivity index (χ1v) is 5.53. The van der Waals surface area contributed by atoms with E-state index in [1.807, 2.05) is 0 Å². The lowest BCUT2D eigenvalue weighted by atomic mass is 9.79. The highest BCUT2D eigenvalue weighted by molar-refractivity contribution is 5.79. The minimum Gasteiger partial charge on any atom is -0.481 e. The van der Waals surface area contributed by atoms with E-state index >= 15 is 0 Å². The van der Waals surface area contributed by atoms with Crippen molar-refractivity contribution in [2.24, 2.45) is 5.41 Å². The Morgan fingerprint density at radius 2 is 2.13 bits per heavy atom. The molecule has 1 atom stereocenters. The second-order valence-corrected chi connectivity index (χ2v) is 4.62. The molecule has 0 amide bonds. The van der Waals surface area contributed by atoms with Gasteiger partial charge in [0.25, 0.3) is 0 Å². The van der Waals surface area contributed by atoms with Crippen molar-refractivity contribution in [3.8, 4) is 0 Å². The molecule has 0 spiro atoms. The van der Waals surface area contributed by atoms with Crippen LogP contribution in [0.4, 0.5) is 0 Å². The lowest BCUT2D eigenvalue weighted by Gasteiger charge is -2.41. The number of hydrogen-bond acceptors (Lipinski definition) is 3. The standard InChI is InChI=1S/C11H18O4/c1-14-8-11(4-2-3-7-15-11)10(5-6-10)9(12)13/h2-8H2,1H3,(H,12,13). The van der Waals surface area contributed by atoms with Crippen LogP contribution in [0.25, 0.3) is 0 Å². The summed E-state index contributed by atoms with van der Waals surface area (Å²) < 4.78 is 11.0. The summed E-state index contributed by atoms with van der Waals surface area (Å²) in [7, 11) is 1.61. The number of carboxylic acid groups (broad SMARTS) is 1. The molecule has 0 radical (unpaired) electrons. The highest BCUT2D eigenvalue weighted by Crippen LogP contribution is 2.58. The zero-order chi connectivity index (χ0) is 10.9. The van der Waals surface area contributed by atoms with E-state index in [1.165, 1.54) is 0 Å². The van der Waals surface area contributed by atoms with Crippen LogP contribution in [0.15, 0.2) is 0 Å². The Kier molecular flexibility index (Phi) is 2.73. The van der Waals surface area contributed by atoms with Gasteiger partial charge in [0.1, 0.15) is 5.60 Å². The van der Waals surface area contributed by atoms with Crippen molar-refractivity contribution in [3.05, 3.63) is 0 Å². The summed E-state index contributed by atoms with van der Waals surface area (Å²) in [6.07, 6.45) is 4.34. The minimum atomic E-state index is -0.721. The molecular weight excluding hydrogens is 196 g/mol. The first-order chi connectivity index (χ1) is 7.17. The molecule has 1 saturated heterocycles. The highest BCUT2D eigenvalue weighted by Gasteiger charge is 2.66. The fourth-order valence-electron chi connectivity index (χ4n) is 2.70. The van der Waals surface area contributed by atoms with Crippen molar-refractivity contribution in [3.63, 3.8) is 0 Å². The van der Waals surface area contributed by atoms with Gasteiger partial charge in [0.2, 0.25) is 0 Å². The molecule has 1 heterocycles. The number of rotatable bonds is 4. The Balaban J connectivity index is 2.21. The summed E-state index contributed by atoms with van der Waals surface area (Å²) in [6.45, 7) is 1.07. The second-order valence-electron chi connectivity index (χ2n) is 4.62. The monoisotopic (exact) mass is 214 g/mol. The van der Waals surface area contributed by atoms with E-state index in [9.17, 15) is 9.90 Å². The maximum absolute atomic E-state index is 11.3. The quantitative estimate of drug-likeness (QED) is 0.769. The Hall–Kier alpha value is -0.610. The molecule has 1 saturated carbocycles. The Labute approximate surface area is 89.6 Å². The first kappa shape index (κ1) is 10.9. The number of ether oxygens (including phenoxy) is 2. The van der Waals surface area contributed by atoms with Gasteiger partial charge in [0.15, 0.2) is 0 Å². The first-order valence-electron chi connectivity index (χ1n) is 5.53. The minimum absolute atomic E-state index is 0.402. The van der Waals surface area contributed by atoms with Crippen molar-refractivity contribution >= 4 is 5.97 Å². The van der Waals surface area contributed by atoms with Gasteiger partial charge >= 0.3 is 5.97 Å². The third kappa shape index (κ3) is 1.56. The van der Waals surface area contributed by atoms with Gasteiger partial charge in [0, 0.05) is 13.7 Å². The van der Waals surface area contributed by atoms with Crippen LogP contribution < -0.4 is 0 Å². The Morgan fingerprint density at radius 1 is 1.40 bits per heavy atom. The van der Waals surface area contributed by atoms with Crippen LogP contribution in [0.1, 0.15) is 32.1 Å². The predicted molar refractivity (Wildman–Crippen MR) is 53.7 cm³/mol. The summed E-state index contributed by atoms with van der Waals surface area (Å²) in [6, 6.07) is 0. The molecule has 4 nitrogen and oxygen atoms in total. The molecule has 0 aromatic carbocycles. The SMILES string of the molecule is COCC1(C2(C(=O)O)CC2)CCCCO1. The van der Waals surface area contributed by atoms with Gasteiger partial charge < -0.3 is 14.6 Å². The van der Waals surface area contributed by atoms with Crippen LogP contribution in [-0.2, 0) is 14.3 Å². The van der Waals surface area contributed by atoms with E-state index in [-0.39, 0.29) is 0 Å². The zero-order valence-corrected chi connectivity index (χ0v) is 9.12. The fourth-order valence-corrected chi connectivity index (χ4v) is 2.70. The van der Waals surface area contributed by atoms with Crippen molar-refractivity contribution in [2.45, 2.75) is 37.7 Å². The van der Waals surface area contributed by atoms with Crippen LogP contribution in [-0.4, -0.2) is 37.0 Å². The normalized spacial score (nSPS) is 33.7. The average Bonchev–Trinajstić information content (AvgIpc) is 3.00. The van der Waals surface area contributed by atoms with Gasteiger partial charge in [-0.25, -0.2) is 0 Å². The third-order valence-corrected chi connectivity index (χ3v) is 3.76. The number of carboxylic acids is 1. The van der Waals surface area contributed by atoms with Gasteiger partial charge in [0.05, 0.1) is 12.0 Å². The van der Waals surface area contributed by atoms with Crippen LogP contribution in [0.2, 0.25) is 0 Å². The van der Waals surface area contributed by atoms with Gasteiger partial charge in [-0.15, -0.1) is 0 Å². The maximum Gasteiger partial charge on any atom is 0.312 e. The summed E-state index contributed by atoms with van der Waals surface area (Å²) in [5, 5.41) is 9.31. The van der Waals surface area contributed by atoms with Gasteiger partial charge in [-0.3, -0.25) is 4.79 Å². The van der Waals surface area contributed by atoms with Crippen molar-refractivity contribution < 1.29 is 19.4 Å². The number of hydrogen-bond donors (Lipinski definition) is 1. The lowest BCUT2D eigenvalue weighted by Crippen LogP contribution is -2.52. The molecule has 2 rings (SSSR count). The summed E-state index contributed by atoms with van der Waals surface area (Å²) in [5.74, 6) is -0.721. The molecule has 4 heteroatoms. The number of methoxy groups -OCH3 is 1. The van der Waals surface area contributed by atoms with Gasteiger partial charge in [-0.1, -0.05) is 0 Å². The zero-order valence-electron chi connectivity index (χ0n) is 9.12. The molecule has 0 aromatic rings. The summed E-state index contributed by atoms with van der Waals surface area (Å²) in [4.78, 5) is 11.3. The van der Waals surface area contributed by atoms with E-state index in [4.69, 9.17) is 9.47 Å². The maximum atomic E-state index is 11.3. The fraction of sp³-hybridized carbons (Fsp3) is 0.909. The van der Waals surface area contributed by atoms with Crippen LogP contribution in [0.3, 0.4) is 0 Å². The topological polar surface area (TPSA) is 55.8 Å². The van der Waals surface area contributed by atoms with Gasteiger partial charge in [-0.2, -0.15) is 0 Å². The predicted octanol–water partition coefficient (Wildman–Crippen LogP) is 1.44. The molecule has 1 aliphatic carbocycles. The van der Waals surface area contributed by atoms with E-state index in [2.05, 4.69) is 0 Å². The lowest BCUT2D eigenvalue weighted by molar-refractivity contribution is -0.183. The second kappa shape index (κ2) is 3.76. The molecule has 1 aliphatic heterocycles. The number of aliphatic carboxylic acids is 1. The molecule has 1 N–H and O–H groups in total. The smallest absolute Gasteiger partial charge is 0.312 e. The molecular formula is C11H18O4. The van der Waals surface area contributed by atoms with Crippen molar-refractivity contribution in [1.29, 1.82) is 0 Å². The van der Waals surface area contributed by atoms with E-state index in [0.29, 0.717) is 13.2 Å². The van der Waals surface area contributed by atoms with Gasteiger partial charge in [-0.05, 0) is 32.1 Å². The van der Waals surface area contributed by atoms with E-state index in [1.54, 1.807) is 7.11 Å². The van der Waals surface area contributed by atoms with Crippen molar-refractivity contribution in [2.75, 3.05) is 20.3 Å². The summed E-state index contributed by atoms with van der Waals surface area (Å²) >= 11 is 0. The molecule has 1 unspecified atom stereocenters. The molecule has 86 valence electrons. The molecule has 2 fully saturated rings. The van der Waals surface area contributed by atoms with Crippen LogP contribution >= 0.6 is 0 Å². The van der Waals surface area contributed by atoms with Crippen LogP contribution in [0.5, 0.6) is 0 Å². The molecule has 0 bridgehead atoms. The van der Waals surface area contributed by atoms with E-state index in [0.717, 1.165) is 32.1 Å².